The number of hydrogen-bond donors (Lipinski definition) is 2. The topological polar surface area (TPSA) is 68.2 Å². The number of unbranched alkanes of at least 4 members (excludes halogenated alkanes) is 1. The van der Waals surface area contributed by atoms with Gasteiger partial charge in [0, 0.05) is 34.6 Å². The van der Waals surface area contributed by atoms with Gasteiger partial charge in [0.2, 0.25) is 0 Å². The van der Waals surface area contributed by atoms with E-state index in [0.717, 1.165) is 53.3 Å². The van der Waals surface area contributed by atoms with Crippen LogP contribution in [0.15, 0.2) is 59.4 Å². The Morgan fingerprint density at radius 3 is 2.41 bits per heavy atom. The Morgan fingerprint density at radius 1 is 1.10 bits per heavy atom. The van der Waals surface area contributed by atoms with Crippen LogP contribution in [-0.4, -0.2) is 28.1 Å². The molecule has 3 aromatic rings. The van der Waals surface area contributed by atoms with E-state index in [0.29, 0.717) is 24.8 Å². The van der Waals surface area contributed by atoms with Gasteiger partial charge in [-0.15, -0.1) is 11.3 Å². The van der Waals surface area contributed by atoms with Crippen molar-refractivity contribution >= 4 is 22.4 Å². The minimum atomic E-state index is -0.0607. The van der Waals surface area contributed by atoms with E-state index in [-0.39, 0.29) is 11.4 Å². The van der Waals surface area contributed by atoms with E-state index in [2.05, 4.69) is 93.3 Å². The van der Waals surface area contributed by atoms with E-state index in [4.69, 9.17) is 9.72 Å². The number of hydrogen-bond acceptors (Lipinski definition) is 5. The highest BCUT2D eigenvalue weighted by molar-refractivity contribution is 7.14. The van der Waals surface area contributed by atoms with Crippen molar-refractivity contribution in [3.8, 4) is 11.3 Å². The predicted octanol–water partition coefficient (Wildman–Crippen LogP) is 9.16. The molecule has 1 fully saturated rings. The van der Waals surface area contributed by atoms with Crippen molar-refractivity contribution < 1.29 is 9.53 Å². The normalized spacial score (nSPS) is 12.9. The fourth-order valence-electron chi connectivity index (χ4n) is 4.28. The van der Waals surface area contributed by atoms with Gasteiger partial charge in [-0.2, -0.15) is 0 Å². The maximum absolute atomic E-state index is 12.8. The Kier molecular flexibility index (Phi) is 12.7. The lowest BCUT2D eigenvalue weighted by atomic mass is 9.90. The first-order chi connectivity index (χ1) is 19.7. The van der Waals surface area contributed by atoms with Gasteiger partial charge >= 0.3 is 0 Å². The molecule has 7 heteroatoms. The third kappa shape index (κ3) is 9.86. The van der Waals surface area contributed by atoms with Crippen molar-refractivity contribution in [2.24, 2.45) is 0 Å². The first-order valence-electron chi connectivity index (χ1n) is 15.3. The summed E-state index contributed by atoms with van der Waals surface area (Å²) in [5, 5.41) is 9.55. The summed E-state index contributed by atoms with van der Waals surface area (Å²) in [6.07, 6.45) is 12.2. The summed E-state index contributed by atoms with van der Waals surface area (Å²) in [5.41, 5.74) is 6.24. The second-order valence-corrected chi connectivity index (χ2v) is 12.6. The maximum atomic E-state index is 12.8. The van der Waals surface area contributed by atoms with Crippen LogP contribution in [-0.2, 0) is 16.9 Å². The number of nitrogens with one attached hydrogen (secondary N) is 2. The average molecular weight is 579 g/mol. The van der Waals surface area contributed by atoms with Crippen LogP contribution in [0.25, 0.3) is 11.3 Å². The fraction of sp³-hybridized carbons (Fsp3) is 0.529. The van der Waals surface area contributed by atoms with Crippen LogP contribution in [0, 0.1) is 0 Å². The van der Waals surface area contributed by atoms with Gasteiger partial charge in [0.1, 0.15) is 0 Å². The SMILES string of the molecule is CCC(CC)OCc1cccc(-c2csc(NC(CNC(=O)c3ccn(C(C)(C)C)c3)=C3CCC3)n2)c1.CCCC. The minimum Gasteiger partial charge on any atom is -0.374 e. The van der Waals surface area contributed by atoms with Gasteiger partial charge < -0.3 is 19.9 Å². The van der Waals surface area contributed by atoms with Crippen LogP contribution in [0.1, 0.15) is 109 Å². The molecule has 1 aliphatic carbocycles. The molecule has 2 aromatic heterocycles. The third-order valence-corrected chi connectivity index (χ3v) is 8.18. The van der Waals surface area contributed by atoms with Crippen LogP contribution in [0.3, 0.4) is 0 Å². The van der Waals surface area contributed by atoms with Crippen molar-refractivity contribution in [3.63, 3.8) is 0 Å². The second kappa shape index (κ2) is 15.9. The smallest absolute Gasteiger partial charge is 0.253 e. The number of allylic oxidation sites excluding steroid dienone is 1. The summed E-state index contributed by atoms with van der Waals surface area (Å²) in [6, 6.07) is 10.3. The highest BCUT2D eigenvalue weighted by Crippen LogP contribution is 2.31. The lowest BCUT2D eigenvalue weighted by molar-refractivity contribution is 0.0358. The van der Waals surface area contributed by atoms with Gasteiger partial charge in [0.15, 0.2) is 5.13 Å². The Bertz CT molecular complexity index is 1260. The van der Waals surface area contributed by atoms with Crippen molar-refractivity contribution in [2.45, 2.75) is 112 Å². The van der Waals surface area contributed by atoms with Crippen LogP contribution < -0.4 is 10.6 Å². The van der Waals surface area contributed by atoms with E-state index in [1.54, 1.807) is 11.3 Å². The molecule has 0 spiro atoms. The Hall–Kier alpha value is -2.90. The van der Waals surface area contributed by atoms with Gasteiger partial charge in [-0.05, 0) is 76.1 Å². The molecule has 41 heavy (non-hydrogen) atoms. The number of amides is 1. The van der Waals surface area contributed by atoms with E-state index < -0.39 is 0 Å². The van der Waals surface area contributed by atoms with Gasteiger partial charge in [-0.3, -0.25) is 4.79 Å². The molecular weight excluding hydrogens is 528 g/mol. The number of carbonyl (C=O) groups excluding carboxylic acids is 1. The van der Waals surface area contributed by atoms with E-state index >= 15 is 0 Å². The first kappa shape index (κ1) is 32.6. The molecule has 224 valence electrons. The van der Waals surface area contributed by atoms with Gasteiger partial charge in [-0.1, -0.05) is 58.7 Å². The zero-order chi connectivity index (χ0) is 29.8. The van der Waals surface area contributed by atoms with Gasteiger partial charge in [-0.25, -0.2) is 4.98 Å². The van der Waals surface area contributed by atoms with Crippen molar-refractivity contribution in [2.75, 3.05) is 11.9 Å². The van der Waals surface area contributed by atoms with Crippen LogP contribution in [0.5, 0.6) is 0 Å². The molecule has 6 nitrogen and oxygen atoms in total. The molecule has 0 unspecified atom stereocenters. The van der Waals surface area contributed by atoms with Crippen LogP contribution >= 0.6 is 11.3 Å². The van der Waals surface area contributed by atoms with Crippen LogP contribution in [0.4, 0.5) is 5.13 Å². The molecule has 1 aliphatic rings. The summed E-state index contributed by atoms with van der Waals surface area (Å²) in [4.78, 5) is 17.7. The number of ether oxygens (including phenoxy) is 1. The van der Waals surface area contributed by atoms with Crippen molar-refractivity contribution in [3.05, 3.63) is 70.5 Å². The molecule has 0 saturated heterocycles. The Morgan fingerprint density at radius 2 is 1.83 bits per heavy atom. The number of carbonyl (C=O) groups is 1. The Balaban J connectivity index is 0.00000108. The zero-order valence-corrected chi connectivity index (χ0v) is 27.0. The summed E-state index contributed by atoms with van der Waals surface area (Å²) < 4.78 is 8.11. The Labute approximate surface area is 251 Å². The number of nitrogens with zero attached hydrogens (tertiary/aromatic N) is 2. The standard InChI is InChI=1S/C30H40N4O2S.C4H10/c1-6-25(7-2)36-19-21-10-8-13-23(16-21)27-20-37-29(33-27)32-26(22-11-9-12-22)17-31-28(35)24-14-15-34(18-24)30(3,4)5;1-3-4-2/h8,10,13-16,18,20,25H,6-7,9,11-12,17,19H2,1-5H3,(H,31,35)(H,32,33);3-4H2,1-2H3. The van der Waals surface area contributed by atoms with E-state index in [1.807, 2.05) is 18.5 Å². The molecule has 0 bridgehead atoms. The number of rotatable bonds is 12. The van der Waals surface area contributed by atoms with Gasteiger partial charge in [0.05, 0.1) is 30.5 Å². The molecule has 2 N–H and O–H groups in total. The minimum absolute atomic E-state index is 0.0539. The van der Waals surface area contributed by atoms with E-state index in [1.165, 1.54) is 24.8 Å². The zero-order valence-electron chi connectivity index (χ0n) is 26.2. The predicted molar refractivity (Wildman–Crippen MR) is 174 cm³/mol. The summed E-state index contributed by atoms with van der Waals surface area (Å²) in [5.74, 6) is -0.0607. The molecule has 1 aromatic carbocycles. The molecule has 1 amide bonds. The number of anilines is 1. The monoisotopic (exact) mass is 578 g/mol. The molecule has 0 atom stereocenters. The molecule has 2 heterocycles. The number of benzene rings is 1. The third-order valence-electron chi connectivity index (χ3n) is 7.42. The first-order valence-corrected chi connectivity index (χ1v) is 16.2. The highest BCUT2D eigenvalue weighted by Gasteiger charge is 2.19. The number of aromatic nitrogens is 2. The molecular formula is C34H50N4O2S. The molecule has 0 radical (unpaired) electrons. The van der Waals surface area contributed by atoms with E-state index in [9.17, 15) is 4.79 Å². The summed E-state index contributed by atoms with van der Waals surface area (Å²) >= 11 is 1.59. The van der Waals surface area contributed by atoms with Crippen molar-refractivity contribution in [1.29, 1.82) is 0 Å². The average Bonchev–Trinajstić information content (AvgIpc) is 3.62. The quantitative estimate of drug-likeness (QED) is 0.225. The highest BCUT2D eigenvalue weighted by atomic mass is 32.1. The summed E-state index contributed by atoms with van der Waals surface area (Å²) in [7, 11) is 0. The summed E-state index contributed by atoms with van der Waals surface area (Å²) in [6.45, 7) is 16.1. The largest absolute Gasteiger partial charge is 0.374 e. The molecule has 0 aliphatic heterocycles. The van der Waals surface area contributed by atoms with Crippen LogP contribution in [0.2, 0.25) is 0 Å². The number of thiazole rings is 1. The second-order valence-electron chi connectivity index (χ2n) is 11.7. The lowest BCUT2D eigenvalue weighted by Gasteiger charge is -2.23. The van der Waals surface area contributed by atoms with Gasteiger partial charge in [0.25, 0.3) is 5.91 Å². The van der Waals surface area contributed by atoms with Crippen molar-refractivity contribution in [1.82, 2.24) is 14.9 Å². The molecule has 1 saturated carbocycles. The maximum Gasteiger partial charge on any atom is 0.253 e. The fourth-order valence-corrected chi connectivity index (χ4v) is 5.03. The lowest BCUT2D eigenvalue weighted by Crippen LogP contribution is -2.29. The molecule has 4 rings (SSSR count).